The molecule has 0 heterocycles. The number of anilines is 1. The van der Waals surface area contributed by atoms with Gasteiger partial charge < -0.3 is 5.32 Å². The zero-order chi connectivity index (χ0) is 16.8. The lowest BCUT2D eigenvalue weighted by atomic mass is 9.97. The third kappa shape index (κ3) is 3.76. The van der Waals surface area contributed by atoms with Gasteiger partial charge in [0.05, 0.1) is 0 Å². The van der Waals surface area contributed by atoms with Crippen LogP contribution >= 0.6 is 0 Å². The number of allylic oxidation sites excluding steroid dienone is 1. The van der Waals surface area contributed by atoms with Crippen molar-refractivity contribution in [3.8, 4) is 0 Å². The maximum atomic E-state index is 13.0. The number of nitrogens with one attached hydrogen (secondary N) is 1. The Hall–Kier alpha value is -3.20. The van der Waals surface area contributed by atoms with E-state index >= 15 is 0 Å². The Morgan fingerprint density at radius 1 is 0.750 bits per heavy atom. The number of benzene rings is 3. The molecule has 0 bridgehead atoms. The van der Waals surface area contributed by atoms with Gasteiger partial charge in [-0.3, -0.25) is 4.79 Å². The molecule has 24 heavy (non-hydrogen) atoms. The van der Waals surface area contributed by atoms with Crippen LogP contribution in [0.3, 0.4) is 0 Å². The van der Waals surface area contributed by atoms with Gasteiger partial charge in [0.1, 0.15) is 5.82 Å². The normalized spacial score (nSPS) is 11.1. The zero-order valence-electron chi connectivity index (χ0n) is 12.9. The maximum Gasteiger partial charge on any atom is 0.195 e. The summed E-state index contributed by atoms with van der Waals surface area (Å²) in [6.45, 7) is 0. The van der Waals surface area contributed by atoms with Crippen LogP contribution in [-0.4, -0.2) is 5.78 Å². The van der Waals surface area contributed by atoms with Crippen molar-refractivity contribution >= 4 is 17.0 Å². The van der Waals surface area contributed by atoms with E-state index in [-0.39, 0.29) is 11.6 Å². The van der Waals surface area contributed by atoms with E-state index in [1.807, 2.05) is 48.5 Å². The average Bonchev–Trinajstić information content (AvgIpc) is 2.65. The van der Waals surface area contributed by atoms with E-state index in [9.17, 15) is 9.18 Å². The lowest BCUT2D eigenvalue weighted by Crippen LogP contribution is -2.05. The van der Waals surface area contributed by atoms with E-state index in [0.717, 1.165) is 5.56 Å². The summed E-state index contributed by atoms with van der Waals surface area (Å²) in [7, 11) is 0. The van der Waals surface area contributed by atoms with Gasteiger partial charge in [-0.15, -0.1) is 0 Å². The first-order valence-electron chi connectivity index (χ1n) is 7.61. The topological polar surface area (TPSA) is 29.1 Å². The summed E-state index contributed by atoms with van der Waals surface area (Å²) >= 11 is 0. The molecule has 118 valence electrons. The van der Waals surface area contributed by atoms with Crippen molar-refractivity contribution in [3.63, 3.8) is 0 Å². The molecule has 0 saturated heterocycles. The fourth-order valence-electron chi connectivity index (χ4n) is 2.34. The van der Waals surface area contributed by atoms with Gasteiger partial charge in [-0.1, -0.05) is 60.7 Å². The van der Waals surface area contributed by atoms with Crippen molar-refractivity contribution in [2.45, 2.75) is 0 Å². The van der Waals surface area contributed by atoms with Crippen LogP contribution in [0.2, 0.25) is 0 Å². The van der Waals surface area contributed by atoms with Crippen molar-refractivity contribution in [3.05, 3.63) is 108 Å². The molecule has 0 saturated carbocycles. The Morgan fingerprint density at radius 3 is 1.88 bits per heavy atom. The van der Waals surface area contributed by atoms with Crippen molar-refractivity contribution in [2.24, 2.45) is 0 Å². The minimum atomic E-state index is -0.298. The van der Waals surface area contributed by atoms with Crippen molar-refractivity contribution < 1.29 is 9.18 Å². The Morgan fingerprint density at radius 2 is 1.29 bits per heavy atom. The molecule has 0 spiro atoms. The summed E-state index contributed by atoms with van der Waals surface area (Å²) < 4.78 is 13.0. The summed E-state index contributed by atoms with van der Waals surface area (Å²) in [5.74, 6) is -0.371. The summed E-state index contributed by atoms with van der Waals surface area (Å²) in [5, 5.41) is 3.07. The monoisotopic (exact) mass is 317 g/mol. The highest BCUT2D eigenvalue weighted by Gasteiger charge is 2.13. The highest BCUT2D eigenvalue weighted by Crippen LogP contribution is 2.20. The molecule has 0 aromatic heterocycles. The molecule has 0 aliphatic heterocycles. The second-order valence-electron chi connectivity index (χ2n) is 5.27. The molecule has 0 atom stereocenters. The van der Waals surface area contributed by atoms with E-state index < -0.39 is 0 Å². The predicted octanol–water partition coefficient (Wildman–Crippen LogP) is 5.16. The molecule has 0 fully saturated rings. The Bertz CT molecular complexity index is 840. The largest absolute Gasteiger partial charge is 0.361 e. The van der Waals surface area contributed by atoms with Crippen LogP contribution in [0.4, 0.5) is 10.1 Å². The van der Waals surface area contributed by atoms with Gasteiger partial charge in [0.15, 0.2) is 5.78 Å². The average molecular weight is 317 g/mol. The lowest BCUT2D eigenvalue weighted by molar-refractivity contribution is 0.105. The number of rotatable bonds is 5. The molecule has 0 aliphatic carbocycles. The predicted molar refractivity (Wildman–Crippen MR) is 95.2 cm³/mol. The van der Waals surface area contributed by atoms with Crippen LogP contribution < -0.4 is 5.32 Å². The van der Waals surface area contributed by atoms with Crippen LogP contribution in [0.1, 0.15) is 15.9 Å². The summed E-state index contributed by atoms with van der Waals surface area (Å²) in [5.41, 5.74) is 2.70. The van der Waals surface area contributed by atoms with Crippen LogP contribution in [0, 0.1) is 5.82 Å². The molecule has 0 amide bonds. The highest BCUT2D eigenvalue weighted by molar-refractivity contribution is 6.29. The molecule has 3 aromatic carbocycles. The van der Waals surface area contributed by atoms with Crippen LogP contribution in [0.5, 0.6) is 0 Å². The van der Waals surface area contributed by atoms with Crippen LogP contribution in [0.15, 0.2) is 91.1 Å². The summed E-state index contributed by atoms with van der Waals surface area (Å²) in [6.07, 6.45) is 1.66. The molecule has 0 unspecified atom stereocenters. The van der Waals surface area contributed by atoms with E-state index in [0.29, 0.717) is 16.8 Å². The Labute approximate surface area is 140 Å². The number of ketones is 1. The first-order chi connectivity index (χ1) is 11.7. The van der Waals surface area contributed by atoms with Gasteiger partial charge in [-0.25, -0.2) is 4.39 Å². The molecule has 3 aromatic rings. The molecule has 3 rings (SSSR count). The fourth-order valence-corrected chi connectivity index (χ4v) is 2.34. The minimum absolute atomic E-state index is 0.0728. The summed E-state index contributed by atoms with van der Waals surface area (Å²) in [6, 6.07) is 24.6. The minimum Gasteiger partial charge on any atom is -0.361 e. The van der Waals surface area contributed by atoms with E-state index in [1.165, 1.54) is 12.1 Å². The van der Waals surface area contributed by atoms with Gasteiger partial charge in [0.25, 0.3) is 0 Å². The number of carbonyl (C=O) groups excluding carboxylic acids is 1. The second kappa shape index (κ2) is 7.38. The third-order valence-electron chi connectivity index (χ3n) is 3.59. The Kier molecular flexibility index (Phi) is 4.82. The SMILES string of the molecule is O=C(/C(=C\Nc1ccc(F)cc1)c1ccccc1)c1ccccc1. The summed E-state index contributed by atoms with van der Waals surface area (Å²) in [4.78, 5) is 12.9. The smallest absolute Gasteiger partial charge is 0.195 e. The first-order valence-corrected chi connectivity index (χ1v) is 7.61. The molecule has 1 N–H and O–H groups in total. The molecule has 2 nitrogen and oxygen atoms in total. The molecular weight excluding hydrogens is 301 g/mol. The number of halogens is 1. The van der Waals surface area contributed by atoms with Crippen molar-refractivity contribution in [1.82, 2.24) is 0 Å². The van der Waals surface area contributed by atoms with Crippen molar-refractivity contribution in [1.29, 1.82) is 0 Å². The first kappa shape index (κ1) is 15.7. The van der Waals surface area contributed by atoms with Crippen molar-refractivity contribution in [2.75, 3.05) is 5.32 Å². The molecule has 3 heteroatoms. The number of carbonyl (C=O) groups is 1. The van der Waals surface area contributed by atoms with E-state index in [4.69, 9.17) is 0 Å². The zero-order valence-corrected chi connectivity index (χ0v) is 12.9. The second-order valence-corrected chi connectivity index (χ2v) is 5.27. The fraction of sp³-hybridized carbons (Fsp3) is 0. The van der Waals surface area contributed by atoms with Gasteiger partial charge in [-0.2, -0.15) is 0 Å². The van der Waals surface area contributed by atoms with Gasteiger partial charge in [0.2, 0.25) is 0 Å². The van der Waals surface area contributed by atoms with E-state index in [1.54, 1.807) is 30.5 Å². The van der Waals surface area contributed by atoms with Gasteiger partial charge in [0, 0.05) is 23.0 Å². The van der Waals surface area contributed by atoms with E-state index in [2.05, 4.69) is 5.32 Å². The van der Waals surface area contributed by atoms with Crippen LogP contribution in [0.25, 0.3) is 5.57 Å². The number of Topliss-reactive ketones (excluding diaryl/α,β-unsaturated/α-hetero) is 1. The standard InChI is InChI=1S/C21H16FNO/c22-18-11-13-19(14-12-18)23-15-20(16-7-3-1-4-8-16)21(24)17-9-5-2-6-10-17/h1-15,23H/b20-15-. The Balaban J connectivity index is 1.94. The van der Waals surface area contributed by atoms with Gasteiger partial charge >= 0.3 is 0 Å². The lowest BCUT2D eigenvalue weighted by Gasteiger charge is -2.09. The number of hydrogen-bond donors (Lipinski definition) is 1. The highest BCUT2D eigenvalue weighted by atomic mass is 19.1. The molecular formula is C21H16FNO. The number of hydrogen-bond acceptors (Lipinski definition) is 2. The molecule has 0 radical (unpaired) electrons. The van der Waals surface area contributed by atoms with Crippen LogP contribution in [-0.2, 0) is 0 Å². The third-order valence-corrected chi connectivity index (χ3v) is 3.59. The van der Waals surface area contributed by atoms with Gasteiger partial charge in [-0.05, 0) is 29.8 Å². The maximum absolute atomic E-state index is 13.0. The quantitative estimate of drug-likeness (QED) is 0.520. The molecule has 0 aliphatic rings.